The molecule has 1 saturated heterocycles. The summed E-state index contributed by atoms with van der Waals surface area (Å²) in [7, 11) is 0. The molecule has 0 N–H and O–H groups in total. The monoisotopic (exact) mass is 312 g/mol. The van der Waals surface area contributed by atoms with Gasteiger partial charge < -0.3 is 9.47 Å². The molecule has 4 rings (SSSR count). The Bertz CT molecular complexity index is 681. The Morgan fingerprint density at radius 3 is 2.91 bits per heavy atom. The first-order valence-corrected chi connectivity index (χ1v) is 8.27. The number of amides is 1. The molecule has 1 atom stereocenters. The summed E-state index contributed by atoms with van der Waals surface area (Å²) in [5, 5.41) is 8.42. The van der Waals surface area contributed by atoms with E-state index in [0.29, 0.717) is 5.69 Å². The van der Waals surface area contributed by atoms with Gasteiger partial charge in [-0.2, -0.15) is 0 Å². The molecule has 1 aliphatic carbocycles. The molecule has 2 fully saturated rings. The van der Waals surface area contributed by atoms with Crippen molar-refractivity contribution in [1.82, 2.24) is 29.6 Å². The smallest absolute Gasteiger partial charge is 0.274 e. The Labute approximate surface area is 134 Å². The van der Waals surface area contributed by atoms with Crippen LogP contribution in [0.25, 0.3) is 0 Å². The number of carbonyl (C=O) groups is 1. The van der Waals surface area contributed by atoms with Gasteiger partial charge in [-0.15, -0.1) is 10.2 Å². The van der Waals surface area contributed by atoms with Gasteiger partial charge >= 0.3 is 0 Å². The van der Waals surface area contributed by atoms with Gasteiger partial charge in [-0.1, -0.05) is 0 Å². The molecule has 0 bridgehead atoms. The highest BCUT2D eigenvalue weighted by Gasteiger charge is 2.33. The molecule has 120 valence electrons. The number of piperidine rings is 1. The van der Waals surface area contributed by atoms with Gasteiger partial charge in [0.2, 0.25) is 0 Å². The van der Waals surface area contributed by atoms with Crippen LogP contribution in [0.1, 0.15) is 54.5 Å². The van der Waals surface area contributed by atoms with E-state index in [4.69, 9.17) is 0 Å². The van der Waals surface area contributed by atoms with Gasteiger partial charge in [0, 0.05) is 25.5 Å². The summed E-state index contributed by atoms with van der Waals surface area (Å²) in [6, 6.07) is -0.0143. The number of hydrogen-bond donors (Lipinski definition) is 0. The van der Waals surface area contributed by atoms with Crippen LogP contribution in [0.15, 0.2) is 24.9 Å². The van der Waals surface area contributed by atoms with Gasteiger partial charge in [-0.05, 0) is 38.0 Å². The Morgan fingerprint density at radius 2 is 2.13 bits per heavy atom. The number of carbonyl (C=O) groups excluding carboxylic acids is 1. The van der Waals surface area contributed by atoms with Crippen LogP contribution in [0.4, 0.5) is 0 Å². The summed E-state index contributed by atoms with van der Waals surface area (Å²) >= 11 is 0. The van der Waals surface area contributed by atoms with Crippen molar-refractivity contribution in [1.29, 1.82) is 0 Å². The predicted molar refractivity (Wildman–Crippen MR) is 82.4 cm³/mol. The first kappa shape index (κ1) is 14.3. The lowest BCUT2D eigenvalue weighted by Gasteiger charge is -2.34. The van der Waals surface area contributed by atoms with Crippen LogP contribution in [-0.2, 0) is 6.54 Å². The highest BCUT2D eigenvalue weighted by molar-refractivity contribution is 5.92. The Hall–Kier alpha value is -2.31. The lowest BCUT2D eigenvalue weighted by atomic mass is 10.0. The maximum atomic E-state index is 12.8. The van der Waals surface area contributed by atoms with Crippen LogP contribution < -0.4 is 0 Å². The van der Waals surface area contributed by atoms with Crippen LogP contribution in [0, 0.1) is 5.92 Å². The molecule has 1 saturated carbocycles. The molecule has 7 nitrogen and oxygen atoms in total. The Kier molecular flexibility index (Phi) is 3.77. The summed E-state index contributed by atoms with van der Waals surface area (Å²) in [6.07, 6.45) is 12.1. The third kappa shape index (κ3) is 2.95. The molecule has 7 heteroatoms. The molecule has 23 heavy (non-hydrogen) atoms. The lowest BCUT2D eigenvalue weighted by molar-refractivity contribution is 0.0587. The van der Waals surface area contributed by atoms with Crippen molar-refractivity contribution >= 4 is 5.91 Å². The number of hydrogen-bond acceptors (Lipinski definition) is 5. The number of likely N-dealkylation sites (tertiary alicyclic amines) is 1. The van der Waals surface area contributed by atoms with E-state index in [9.17, 15) is 4.79 Å². The highest BCUT2D eigenvalue weighted by Crippen LogP contribution is 2.34. The zero-order valence-corrected chi connectivity index (χ0v) is 13.0. The van der Waals surface area contributed by atoms with Gasteiger partial charge in [0.15, 0.2) is 5.82 Å². The molecule has 2 aliphatic rings. The van der Waals surface area contributed by atoms with Crippen molar-refractivity contribution in [2.24, 2.45) is 5.92 Å². The molecule has 2 aromatic heterocycles. The second kappa shape index (κ2) is 6.06. The number of aromatic nitrogens is 5. The van der Waals surface area contributed by atoms with Gasteiger partial charge in [0.1, 0.15) is 12.0 Å². The summed E-state index contributed by atoms with van der Waals surface area (Å²) in [5.74, 6) is 1.59. The fraction of sp³-hybridized carbons (Fsp3) is 0.562. The van der Waals surface area contributed by atoms with E-state index < -0.39 is 0 Å². The van der Waals surface area contributed by atoms with Gasteiger partial charge in [0.25, 0.3) is 5.91 Å². The third-order valence-corrected chi connectivity index (χ3v) is 4.64. The minimum absolute atomic E-state index is 0.0143. The van der Waals surface area contributed by atoms with E-state index >= 15 is 0 Å². The largest absolute Gasteiger partial charge is 0.327 e. The third-order valence-electron chi connectivity index (χ3n) is 4.64. The average Bonchev–Trinajstić information content (AvgIpc) is 3.30. The quantitative estimate of drug-likeness (QED) is 0.861. The molecule has 0 radical (unpaired) electrons. The van der Waals surface area contributed by atoms with E-state index in [-0.39, 0.29) is 11.9 Å². The van der Waals surface area contributed by atoms with E-state index in [1.807, 2.05) is 4.90 Å². The number of rotatable bonds is 4. The van der Waals surface area contributed by atoms with Crippen LogP contribution in [0.2, 0.25) is 0 Å². The molecule has 1 amide bonds. The molecule has 0 aromatic carbocycles. The zero-order chi connectivity index (χ0) is 15.6. The zero-order valence-electron chi connectivity index (χ0n) is 13.0. The first-order valence-electron chi connectivity index (χ1n) is 8.27. The molecule has 1 aliphatic heterocycles. The van der Waals surface area contributed by atoms with Crippen LogP contribution in [0.5, 0.6) is 0 Å². The molecule has 0 spiro atoms. The summed E-state index contributed by atoms with van der Waals surface area (Å²) in [5.41, 5.74) is 0.396. The van der Waals surface area contributed by atoms with Crippen molar-refractivity contribution in [2.45, 2.75) is 44.7 Å². The number of nitrogens with zero attached hydrogens (tertiary/aromatic N) is 6. The average molecular weight is 312 g/mol. The SMILES string of the molecule is O=C(c1cnccn1)N1CCCC[C@H]1c1nncn1CC1CC1. The maximum Gasteiger partial charge on any atom is 0.274 e. The predicted octanol–water partition coefficient (Wildman–Crippen LogP) is 1.85. The minimum Gasteiger partial charge on any atom is -0.327 e. The molecular weight excluding hydrogens is 292 g/mol. The maximum absolute atomic E-state index is 12.8. The lowest BCUT2D eigenvalue weighted by Crippen LogP contribution is -2.40. The second-order valence-corrected chi connectivity index (χ2v) is 6.39. The summed E-state index contributed by atoms with van der Waals surface area (Å²) < 4.78 is 2.13. The molecule has 0 unspecified atom stereocenters. The van der Waals surface area contributed by atoms with Crippen LogP contribution in [0.3, 0.4) is 0 Å². The van der Waals surface area contributed by atoms with Crippen molar-refractivity contribution in [2.75, 3.05) is 6.54 Å². The van der Waals surface area contributed by atoms with Crippen molar-refractivity contribution in [3.63, 3.8) is 0 Å². The van der Waals surface area contributed by atoms with Gasteiger partial charge in [-0.3, -0.25) is 9.78 Å². The summed E-state index contributed by atoms with van der Waals surface area (Å²) in [6.45, 7) is 1.70. The van der Waals surface area contributed by atoms with Crippen molar-refractivity contribution in [3.05, 3.63) is 36.4 Å². The normalized spacial score (nSPS) is 21.4. The minimum atomic E-state index is -0.0660. The highest BCUT2D eigenvalue weighted by atomic mass is 16.2. The Morgan fingerprint density at radius 1 is 1.22 bits per heavy atom. The topological polar surface area (TPSA) is 76.8 Å². The molecule has 2 aromatic rings. The molecule has 3 heterocycles. The fourth-order valence-electron chi connectivity index (χ4n) is 3.24. The second-order valence-electron chi connectivity index (χ2n) is 6.39. The molecular formula is C16H20N6O. The van der Waals surface area contributed by atoms with Crippen LogP contribution in [-0.4, -0.2) is 42.1 Å². The van der Waals surface area contributed by atoms with Crippen molar-refractivity contribution in [3.8, 4) is 0 Å². The summed E-state index contributed by atoms with van der Waals surface area (Å²) in [4.78, 5) is 22.9. The standard InChI is InChI=1S/C16H20N6O/c23-16(13-9-17-6-7-18-13)22-8-2-1-3-14(22)15-20-19-11-21(15)10-12-4-5-12/h6-7,9,11-12,14H,1-5,8,10H2/t14-/m0/s1. The van der Waals surface area contributed by atoms with Crippen molar-refractivity contribution < 1.29 is 4.79 Å². The first-order chi connectivity index (χ1) is 11.3. The van der Waals surface area contributed by atoms with E-state index in [0.717, 1.165) is 44.1 Å². The fourth-order valence-corrected chi connectivity index (χ4v) is 3.24. The van der Waals surface area contributed by atoms with E-state index in [1.165, 1.54) is 19.0 Å². The van der Waals surface area contributed by atoms with E-state index in [1.54, 1.807) is 18.7 Å². The van der Waals surface area contributed by atoms with Gasteiger partial charge in [-0.25, -0.2) is 4.98 Å². The van der Waals surface area contributed by atoms with Crippen LogP contribution >= 0.6 is 0 Å². The van der Waals surface area contributed by atoms with E-state index in [2.05, 4.69) is 24.7 Å². The van der Waals surface area contributed by atoms with Gasteiger partial charge in [0.05, 0.1) is 12.2 Å². The Balaban J connectivity index is 1.60.